The molecule has 0 saturated carbocycles. The van der Waals surface area contributed by atoms with Crippen molar-refractivity contribution < 1.29 is 9.53 Å². The molecule has 0 aliphatic heterocycles. The first-order valence-corrected chi connectivity index (χ1v) is 6.01. The Kier molecular flexibility index (Phi) is 5.23. The van der Waals surface area contributed by atoms with Crippen molar-refractivity contribution in [2.24, 2.45) is 0 Å². The van der Waals surface area contributed by atoms with Gasteiger partial charge in [-0.3, -0.25) is 4.79 Å². The van der Waals surface area contributed by atoms with Gasteiger partial charge in [-0.25, -0.2) is 0 Å². The molecular weight excluding hydrogens is 236 g/mol. The lowest BCUT2D eigenvalue weighted by Gasteiger charge is -2.04. The zero-order valence-electron chi connectivity index (χ0n) is 10.4. The van der Waals surface area contributed by atoms with Gasteiger partial charge in [-0.1, -0.05) is 35.9 Å². The van der Waals surface area contributed by atoms with Gasteiger partial charge in [0.25, 0.3) is 0 Å². The van der Waals surface area contributed by atoms with Crippen LogP contribution in [0.5, 0.6) is 0 Å². The molecule has 0 fully saturated rings. The molecule has 0 bridgehead atoms. The fourth-order valence-corrected chi connectivity index (χ4v) is 1.70. The van der Waals surface area contributed by atoms with E-state index in [-0.39, 0.29) is 5.97 Å². The Morgan fingerprint density at radius 3 is 2.47 bits per heavy atom. The maximum atomic E-state index is 11.1. The largest absolute Gasteiger partial charge is 0.466 e. The maximum absolute atomic E-state index is 11.1. The van der Waals surface area contributed by atoms with Crippen LogP contribution in [0.2, 0.25) is 5.02 Å². The van der Waals surface area contributed by atoms with Gasteiger partial charge in [0.2, 0.25) is 0 Å². The van der Waals surface area contributed by atoms with Crippen molar-refractivity contribution in [3.8, 4) is 0 Å². The van der Waals surface area contributed by atoms with Crippen molar-refractivity contribution in [1.82, 2.24) is 0 Å². The summed E-state index contributed by atoms with van der Waals surface area (Å²) in [4.78, 5) is 11.1. The van der Waals surface area contributed by atoms with E-state index in [9.17, 15) is 4.79 Å². The molecule has 0 unspecified atom stereocenters. The number of rotatable bonds is 4. The highest BCUT2D eigenvalue weighted by atomic mass is 35.5. The number of ether oxygens (including phenoxy) is 1. The third-order valence-corrected chi connectivity index (χ3v) is 2.96. The summed E-state index contributed by atoms with van der Waals surface area (Å²) in [5.41, 5.74) is 3.14. The molecule has 0 heterocycles. The molecule has 0 aliphatic rings. The lowest BCUT2D eigenvalue weighted by molar-refractivity contribution is -0.142. The minimum atomic E-state index is -0.203. The zero-order chi connectivity index (χ0) is 12.8. The Labute approximate surface area is 107 Å². The topological polar surface area (TPSA) is 26.3 Å². The number of carbonyl (C=O) groups excluding carboxylic acids is 1. The van der Waals surface area contributed by atoms with Crippen LogP contribution in [0.3, 0.4) is 0 Å². The Morgan fingerprint density at radius 2 is 1.94 bits per heavy atom. The van der Waals surface area contributed by atoms with Crippen molar-refractivity contribution in [2.45, 2.75) is 27.2 Å². The van der Waals surface area contributed by atoms with Crippen LogP contribution in [0.1, 0.15) is 30.0 Å². The van der Waals surface area contributed by atoms with Crippen molar-refractivity contribution in [1.29, 1.82) is 0 Å². The summed E-state index contributed by atoms with van der Waals surface area (Å²) in [7, 11) is 0. The molecule has 1 aromatic rings. The van der Waals surface area contributed by atoms with E-state index in [1.165, 1.54) is 0 Å². The van der Waals surface area contributed by atoms with Gasteiger partial charge in [0.1, 0.15) is 0 Å². The number of carbonyl (C=O) groups is 1. The highest BCUT2D eigenvalue weighted by molar-refractivity contribution is 6.32. The number of hydrogen-bond acceptors (Lipinski definition) is 2. The van der Waals surface area contributed by atoms with Crippen molar-refractivity contribution in [3.63, 3.8) is 0 Å². The smallest absolute Gasteiger partial charge is 0.309 e. The lowest BCUT2D eigenvalue weighted by Crippen LogP contribution is -2.01. The molecule has 0 saturated heterocycles. The Hall–Kier alpha value is -1.28. The summed E-state index contributed by atoms with van der Waals surface area (Å²) in [5, 5.41) is 0.799. The molecule has 0 atom stereocenters. The van der Waals surface area contributed by atoms with E-state index in [1.54, 1.807) is 13.0 Å². The van der Waals surface area contributed by atoms with Gasteiger partial charge < -0.3 is 4.74 Å². The molecule has 92 valence electrons. The standard InChI is InChI=1S/C14H17ClO2/c1-4-17-13(16)7-5-6-12-8-10(2)14(15)11(3)9-12/h5-6,8-9H,4,7H2,1-3H3. The quantitative estimate of drug-likeness (QED) is 0.759. The molecule has 0 aromatic heterocycles. The number of esters is 1. The zero-order valence-corrected chi connectivity index (χ0v) is 11.2. The van der Waals surface area contributed by atoms with E-state index in [1.807, 2.05) is 32.1 Å². The molecule has 0 N–H and O–H groups in total. The summed E-state index contributed by atoms with van der Waals surface area (Å²) in [5.74, 6) is -0.203. The molecule has 2 nitrogen and oxygen atoms in total. The van der Waals surface area contributed by atoms with Crippen molar-refractivity contribution in [2.75, 3.05) is 6.61 Å². The summed E-state index contributed by atoms with van der Waals surface area (Å²) < 4.78 is 4.84. The predicted molar refractivity (Wildman–Crippen MR) is 71.2 cm³/mol. The molecule has 0 amide bonds. The minimum absolute atomic E-state index is 0.203. The number of halogens is 1. The highest BCUT2D eigenvalue weighted by Crippen LogP contribution is 2.22. The van der Waals surface area contributed by atoms with Crippen LogP contribution < -0.4 is 0 Å². The monoisotopic (exact) mass is 252 g/mol. The second kappa shape index (κ2) is 6.45. The Morgan fingerprint density at radius 1 is 1.35 bits per heavy atom. The number of hydrogen-bond donors (Lipinski definition) is 0. The van der Waals surface area contributed by atoms with Gasteiger partial charge in [0.05, 0.1) is 13.0 Å². The van der Waals surface area contributed by atoms with E-state index >= 15 is 0 Å². The molecular formula is C14H17ClO2. The fraction of sp³-hybridized carbons (Fsp3) is 0.357. The van der Waals surface area contributed by atoms with Gasteiger partial charge in [0, 0.05) is 5.02 Å². The van der Waals surface area contributed by atoms with E-state index in [0.29, 0.717) is 13.0 Å². The summed E-state index contributed by atoms with van der Waals surface area (Å²) in [6.07, 6.45) is 4.02. The van der Waals surface area contributed by atoms with Crippen LogP contribution >= 0.6 is 11.6 Å². The molecule has 0 spiro atoms. The van der Waals surface area contributed by atoms with Crippen LogP contribution in [-0.2, 0) is 9.53 Å². The Balaban J connectivity index is 2.69. The first-order chi connectivity index (χ1) is 8.04. The fourth-order valence-electron chi connectivity index (χ4n) is 1.59. The minimum Gasteiger partial charge on any atom is -0.466 e. The normalized spacial score (nSPS) is 10.8. The van der Waals surface area contributed by atoms with Crippen molar-refractivity contribution >= 4 is 23.6 Å². The molecule has 0 aliphatic carbocycles. The average molecular weight is 253 g/mol. The summed E-state index contributed by atoms with van der Waals surface area (Å²) in [6, 6.07) is 3.99. The molecule has 17 heavy (non-hydrogen) atoms. The first-order valence-electron chi connectivity index (χ1n) is 5.63. The van der Waals surface area contributed by atoms with E-state index < -0.39 is 0 Å². The van der Waals surface area contributed by atoms with Crippen LogP contribution in [0.15, 0.2) is 18.2 Å². The Bertz CT molecular complexity index is 413. The van der Waals surface area contributed by atoms with Gasteiger partial charge in [-0.05, 0) is 37.5 Å². The van der Waals surface area contributed by atoms with Gasteiger partial charge in [-0.2, -0.15) is 0 Å². The maximum Gasteiger partial charge on any atom is 0.309 e. The van der Waals surface area contributed by atoms with Crippen LogP contribution in [0.4, 0.5) is 0 Å². The van der Waals surface area contributed by atoms with Crippen molar-refractivity contribution in [3.05, 3.63) is 39.9 Å². The summed E-state index contributed by atoms with van der Waals surface area (Å²) >= 11 is 6.08. The number of benzene rings is 1. The van der Waals surface area contributed by atoms with Crippen LogP contribution in [0.25, 0.3) is 6.08 Å². The second-order valence-electron chi connectivity index (χ2n) is 3.88. The van der Waals surface area contributed by atoms with Crippen LogP contribution in [-0.4, -0.2) is 12.6 Å². The van der Waals surface area contributed by atoms with Gasteiger partial charge in [0.15, 0.2) is 0 Å². The first kappa shape index (κ1) is 13.8. The lowest BCUT2D eigenvalue weighted by atomic mass is 10.1. The van der Waals surface area contributed by atoms with E-state index in [4.69, 9.17) is 16.3 Å². The predicted octanol–water partition coefficient (Wildman–Crippen LogP) is 3.92. The van der Waals surface area contributed by atoms with E-state index in [2.05, 4.69) is 0 Å². The third kappa shape index (κ3) is 4.23. The van der Waals surface area contributed by atoms with Gasteiger partial charge >= 0.3 is 5.97 Å². The van der Waals surface area contributed by atoms with Crippen LogP contribution in [0, 0.1) is 13.8 Å². The van der Waals surface area contributed by atoms with Gasteiger partial charge in [-0.15, -0.1) is 0 Å². The molecule has 1 rings (SSSR count). The second-order valence-corrected chi connectivity index (χ2v) is 4.26. The summed E-state index contributed by atoms with van der Waals surface area (Å²) in [6.45, 7) is 6.16. The van der Waals surface area contributed by atoms with E-state index in [0.717, 1.165) is 21.7 Å². The SMILES string of the molecule is CCOC(=O)CC=Cc1cc(C)c(Cl)c(C)c1. The number of aryl methyl sites for hydroxylation is 2. The molecule has 0 radical (unpaired) electrons. The molecule has 3 heteroatoms. The highest BCUT2D eigenvalue weighted by Gasteiger charge is 2.01. The molecule has 1 aromatic carbocycles. The third-order valence-electron chi connectivity index (χ3n) is 2.36. The average Bonchev–Trinajstić information content (AvgIpc) is 2.26.